The summed E-state index contributed by atoms with van der Waals surface area (Å²) in [6, 6.07) is 28.6. The Kier molecular flexibility index (Phi) is 9.76. The Morgan fingerprint density at radius 3 is 2.17 bits per heavy atom. The summed E-state index contributed by atoms with van der Waals surface area (Å²) in [5.41, 5.74) is 6.42. The molecule has 212 valence electrons. The smallest absolute Gasteiger partial charge is 0.264 e. The molecule has 0 aliphatic heterocycles. The van der Waals surface area contributed by atoms with Crippen molar-refractivity contribution < 1.29 is 22.7 Å². The van der Waals surface area contributed by atoms with Crippen LogP contribution >= 0.6 is 0 Å². The lowest BCUT2D eigenvalue weighted by Gasteiger charge is -2.24. The molecule has 0 unspecified atom stereocenters. The van der Waals surface area contributed by atoms with Gasteiger partial charge in [0.1, 0.15) is 13.2 Å². The molecule has 4 aromatic rings. The second-order valence-corrected chi connectivity index (χ2v) is 11.2. The van der Waals surface area contributed by atoms with Crippen LogP contribution in [0.15, 0.2) is 107 Å². The molecule has 41 heavy (non-hydrogen) atoms. The summed E-state index contributed by atoms with van der Waals surface area (Å²) in [4.78, 5) is 13.0. The van der Waals surface area contributed by atoms with Crippen molar-refractivity contribution in [1.29, 1.82) is 0 Å². The van der Waals surface area contributed by atoms with E-state index in [1.165, 1.54) is 18.3 Å². The largest absolute Gasteiger partial charge is 0.490 e. The van der Waals surface area contributed by atoms with Gasteiger partial charge in [0, 0.05) is 0 Å². The van der Waals surface area contributed by atoms with E-state index in [1.54, 1.807) is 54.6 Å². The van der Waals surface area contributed by atoms with Crippen LogP contribution in [-0.2, 0) is 21.4 Å². The topological polar surface area (TPSA) is 97.3 Å². The zero-order valence-corrected chi connectivity index (χ0v) is 24.1. The number of hydrogen-bond acceptors (Lipinski definition) is 6. The third kappa shape index (κ3) is 7.95. The number of sulfonamides is 1. The minimum atomic E-state index is -4.01. The molecule has 0 heterocycles. The van der Waals surface area contributed by atoms with E-state index in [1.807, 2.05) is 51.1 Å². The minimum absolute atomic E-state index is 0.0954. The molecule has 0 atom stereocenters. The van der Waals surface area contributed by atoms with E-state index in [2.05, 4.69) is 10.5 Å². The van der Waals surface area contributed by atoms with E-state index in [0.29, 0.717) is 36.0 Å². The molecular weight excluding hydrogens is 538 g/mol. The Morgan fingerprint density at radius 1 is 0.854 bits per heavy atom. The molecule has 0 saturated heterocycles. The molecule has 1 N–H and O–H groups in total. The highest BCUT2D eigenvalue weighted by Gasteiger charge is 2.27. The molecular formula is C32H33N3O5S. The van der Waals surface area contributed by atoms with Crippen molar-refractivity contribution in [2.45, 2.75) is 32.3 Å². The second-order valence-electron chi connectivity index (χ2n) is 9.37. The quantitative estimate of drug-likeness (QED) is 0.176. The summed E-state index contributed by atoms with van der Waals surface area (Å²) in [6.45, 7) is 6.06. The predicted molar refractivity (Wildman–Crippen MR) is 161 cm³/mol. The third-order valence-corrected chi connectivity index (χ3v) is 7.91. The summed E-state index contributed by atoms with van der Waals surface area (Å²) in [7, 11) is -4.01. The molecule has 0 radical (unpaired) electrons. The molecule has 0 saturated carbocycles. The molecule has 1 amide bonds. The Bertz CT molecular complexity index is 1590. The number of hydrazone groups is 1. The van der Waals surface area contributed by atoms with Crippen LogP contribution in [0.4, 0.5) is 5.69 Å². The molecule has 4 aromatic carbocycles. The summed E-state index contributed by atoms with van der Waals surface area (Å²) < 4.78 is 39.8. The first-order valence-electron chi connectivity index (χ1n) is 13.2. The zero-order chi connectivity index (χ0) is 29.2. The fourth-order valence-electron chi connectivity index (χ4n) is 3.94. The monoisotopic (exact) mass is 571 g/mol. The highest BCUT2D eigenvalue weighted by atomic mass is 32.2. The Labute approximate surface area is 241 Å². The zero-order valence-electron chi connectivity index (χ0n) is 23.3. The second kappa shape index (κ2) is 13.6. The van der Waals surface area contributed by atoms with Gasteiger partial charge in [-0.25, -0.2) is 13.8 Å². The van der Waals surface area contributed by atoms with Gasteiger partial charge in [0.25, 0.3) is 15.9 Å². The van der Waals surface area contributed by atoms with E-state index < -0.39 is 22.5 Å². The first kappa shape index (κ1) is 29.4. The van der Waals surface area contributed by atoms with Crippen LogP contribution in [0.3, 0.4) is 0 Å². The van der Waals surface area contributed by atoms with Gasteiger partial charge in [0.2, 0.25) is 0 Å². The van der Waals surface area contributed by atoms with Crippen LogP contribution in [0, 0.1) is 13.8 Å². The molecule has 0 aromatic heterocycles. The molecule has 0 bridgehead atoms. The number of nitrogens with one attached hydrogen (secondary N) is 1. The Morgan fingerprint density at radius 2 is 1.51 bits per heavy atom. The lowest BCUT2D eigenvalue weighted by molar-refractivity contribution is -0.119. The van der Waals surface area contributed by atoms with Crippen LogP contribution < -0.4 is 19.2 Å². The molecule has 0 fully saturated rings. The fourth-order valence-corrected chi connectivity index (χ4v) is 5.36. The molecule has 0 aliphatic carbocycles. The maximum absolute atomic E-state index is 13.5. The maximum atomic E-state index is 13.5. The molecule has 0 spiro atoms. The number of nitrogens with zero attached hydrogens (tertiary/aromatic N) is 2. The number of carbonyl (C=O) groups excluding carboxylic acids is 1. The number of amides is 1. The number of rotatable bonds is 12. The van der Waals surface area contributed by atoms with Crippen LogP contribution in [-0.4, -0.2) is 33.7 Å². The summed E-state index contributed by atoms with van der Waals surface area (Å²) in [5.74, 6) is 0.547. The first-order valence-corrected chi connectivity index (χ1v) is 14.6. The van der Waals surface area contributed by atoms with Crippen molar-refractivity contribution in [3.63, 3.8) is 0 Å². The highest BCUT2D eigenvalue weighted by Crippen LogP contribution is 2.29. The lowest BCUT2D eigenvalue weighted by Crippen LogP contribution is -2.39. The average molecular weight is 572 g/mol. The standard InChI is InChI=1S/C32H33N3O5S/c1-4-39-31-20-27(14-19-30(31)40-23-26-8-6-5-7-9-26)21-33-34-32(36)22-35(28-15-10-24(2)11-16-28)41(37,38)29-17-12-25(3)13-18-29/h5-21H,4,22-23H2,1-3H3,(H,34,36)/b33-21-. The molecule has 8 nitrogen and oxygen atoms in total. The van der Waals surface area contributed by atoms with Gasteiger partial charge in [-0.2, -0.15) is 5.10 Å². The lowest BCUT2D eigenvalue weighted by atomic mass is 10.2. The van der Waals surface area contributed by atoms with Gasteiger partial charge in [0.15, 0.2) is 11.5 Å². The fraction of sp³-hybridized carbons (Fsp3) is 0.188. The SMILES string of the molecule is CCOc1cc(/C=N\NC(=O)CN(c2ccc(C)cc2)S(=O)(=O)c2ccc(C)cc2)ccc1OCc1ccccc1. The van der Waals surface area contributed by atoms with Gasteiger partial charge in [0.05, 0.1) is 23.4 Å². The van der Waals surface area contributed by atoms with Crippen molar-refractivity contribution in [1.82, 2.24) is 5.43 Å². The number of hydrogen-bond donors (Lipinski definition) is 1. The van der Waals surface area contributed by atoms with Crippen LogP contribution in [0.25, 0.3) is 0 Å². The summed E-state index contributed by atoms with van der Waals surface area (Å²) in [5, 5.41) is 4.05. The molecule has 0 aliphatic rings. The third-order valence-electron chi connectivity index (χ3n) is 6.13. The minimum Gasteiger partial charge on any atom is -0.490 e. The van der Waals surface area contributed by atoms with Crippen molar-refractivity contribution in [2.24, 2.45) is 5.10 Å². The number of carbonyl (C=O) groups is 1. The van der Waals surface area contributed by atoms with E-state index in [9.17, 15) is 13.2 Å². The first-order chi connectivity index (χ1) is 19.8. The van der Waals surface area contributed by atoms with Crippen molar-refractivity contribution in [3.05, 3.63) is 119 Å². The number of anilines is 1. The van der Waals surface area contributed by atoms with Crippen LogP contribution in [0.5, 0.6) is 11.5 Å². The van der Waals surface area contributed by atoms with E-state index >= 15 is 0 Å². The predicted octanol–water partition coefficient (Wildman–Crippen LogP) is 5.63. The van der Waals surface area contributed by atoms with Crippen molar-refractivity contribution in [2.75, 3.05) is 17.5 Å². The maximum Gasteiger partial charge on any atom is 0.264 e. The number of benzene rings is 4. The van der Waals surface area contributed by atoms with Crippen LogP contribution in [0.1, 0.15) is 29.2 Å². The van der Waals surface area contributed by atoms with Gasteiger partial charge < -0.3 is 9.47 Å². The van der Waals surface area contributed by atoms with Crippen LogP contribution in [0.2, 0.25) is 0 Å². The molecule has 4 rings (SSSR count). The summed E-state index contributed by atoms with van der Waals surface area (Å²) in [6.07, 6.45) is 1.46. The van der Waals surface area contributed by atoms with E-state index in [-0.39, 0.29) is 4.90 Å². The van der Waals surface area contributed by atoms with Gasteiger partial charge in [-0.3, -0.25) is 9.10 Å². The number of ether oxygens (including phenoxy) is 2. The highest BCUT2D eigenvalue weighted by molar-refractivity contribution is 7.92. The van der Waals surface area contributed by atoms with Gasteiger partial charge >= 0.3 is 0 Å². The normalized spacial score (nSPS) is 11.3. The molecule has 9 heteroatoms. The number of aryl methyl sites for hydroxylation is 2. The Hall–Kier alpha value is -4.63. The average Bonchev–Trinajstić information content (AvgIpc) is 2.97. The van der Waals surface area contributed by atoms with Gasteiger partial charge in [-0.05, 0) is 74.4 Å². The van der Waals surface area contributed by atoms with E-state index in [4.69, 9.17) is 9.47 Å². The van der Waals surface area contributed by atoms with Crippen molar-refractivity contribution in [3.8, 4) is 11.5 Å². The van der Waals surface area contributed by atoms with Crippen molar-refractivity contribution >= 4 is 27.8 Å². The van der Waals surface area contributed by atoms with Gasteiger partial charge in [-0.15, -0.1) is 0 Å². The Balaban J connectivity index is 1.47. The summed E-state index contributed by atoms with van der Waals surface area (Å²) >= 11 is 0. The van der Waals surface area contributed by atoms with E-state index in [0.717, 1.165) is 21.0 Å². The van der Waals surface area contributed by atoms with Gasteiger partial charge in [-0.1, -0.05) is 65.7 Å².